The highest BCUT2D eigenvalue weighted by molar-refractivity contribution is 6.27. The van der Waals surface area contributed by atoms with Crippen LogP contribution in [0.1, 0.15) is 43.7 Å². The molecule has 0 radical (unpaired) electrons. The predicted molar refractivity (Wildman–Crippen MR) is 135 cm³/mol. The molecular formula is C27H36N2O7. The molecule has 1 aliphatic rings. The molecule has 0 spiro atoms. The second-order valence-corrected chi connectivity index (χ2v) is 8.56. The van der Waals surface area contributed by atoms with Gasteiger partial charge in [-0.25, -0.2) is 9.59 Å². The average molecular weight is 501 g/mol. The Morgan fingerprint density at radius 1 is 0.972 bits per heavy atom. The Kier molecular flexibility index (Phi) is 12.3. The Hall–Kier alpha value is -3.59. The number of benzene rings is 2. The molecule has 0 bridgehead atoms. The predicted octanol–water partition coefficient (Wildman–Crippen LogP) is 3.56. The van der Waals surface area contributed by atoms with Gasteiger partial charge in [-0.1, -0.05) is 49.7 Å². The number of hydrogen-bond donors (Lipinski definition) is 3. The fourth-order valence-corrected chi connectivity index (χ4v) is 3.81. The van der Waals surface area contributed by atoms with Gasteiger partial charge in [0, 0.05) is 19.0 Å². The zero-order chi connectivity index (χ0) is 26.3. The molecule has 2 aromatic carbocycles. The maximum absolute atomic E-state index is 12.3. The highest BCUT2D eigenvalue weighted by Gasteiger charge is 2.24. The van der Waals surface area contributed by atoms with Gasteiger partial charge in [-0.15, -0.1) is 0 Å². The lowest BCUT2D eigenvalue weighted by atomic mass is 9.95. The molecule has 36 heavy (non-hydrogen) atoms. The Balaban J connectivity index is 0.000000678. The molecule has 1 fully saturated rings. The van der Waals surface area contributed by atoms with Gasteiger partial charge in [0.05, 0.1) is 7.11 Å². The van der Waals surface area contributed by atoms with E-state index in [0.717, 1.165) is 68.9 Å². The monoisotopic (exact) mass is 500 g/mol. The van der Waals surface area contributed by atoms with Gasteiger partial charge in [0.2, 0.25) is 5.91 Å². The van der Waals surface area contributed by atoms with E-state index in [1.807, 2.05) is 24.3 Å². The standard InChI is InChI=1S/C25H34N2O3.C2H2O4/c1-3-4-14-26-25(28)22-12-15-27(16-13-22)18-21-10-11-23(24(17-21)29-2)30-19-20-8-6-5-7-9-20;3-1(4)2(5)6/h5-11,17,22H,3-4,12-16,18-19H2,1-2H3,(H,26,28);(H,3,4)(H,5,6). The average Bonchev–Trinajstić information content (AvgIpc) is 2.89. The third-order valence-electron chi connectivity index (χ3n) is 5.84. The van der Waals surface area contributed by atoms with Crippen molar-refractivity contribution in [2.24, 2.45) is 5.92 Å². The van der Waals surface area contributed by atoms with Crippen molar-refractivity contribution in [3.8, 4) is 11.5 Å². The van der Waals surface area contributed by atoms with Gasteiger partial charge in [-0.2, -0.15) is 0 Å². The number of rotatable bonds is 10. The molecule has 1 amide bonds. The number of unbranched alkanes of at least 4 members (excludes halogenated alkanes) is 1. The summed E-state index contributed by atoms with van der Waals surface area (Å²) in [5.41, 5.74) is 2.33. The largest absolute Gasteiger partial charge is 0.493 e. The van der Waals surface area contributed by atoms with Crippen LogP contribution >= 0.6 is 0 Å². The summed E-state index contributed by atoms with van der Waals surface area (Å²) in [5, 5.41) is 17.9. The van der Waals surface area contributed by atoms with Crippen molar-refractivity contribution < 1.29 is 34.1 Å². The van der Waals surface area contributed by atoms with Crippen LogP contribution in [0.25, 0.3) is 0 Å². The maximum atomic E-state index is 12.3. The second-order valence-electron chi connectivity index (χ2n) is 8.56. The fraction of sp³-hybridized carbons (Fsp3) is 0.444. The minimum absolute atomic E-state index is 0.154. The van der Waals surface area contributed by atoms with Crippen molar-refractivity contribution in [2.45, 2.75) is 45.8 Å². The number of nitrogens with zero attached hydrogens (tertiary/aromatic N) is 1. The van der Waals surface area contributed by atoms with E-state index < -0.39 is 11.9 Å². The highest BCUT2D eigenvalue weighted by atomic mass is 16.5. The summed E-state index contributed by atoms with van der Waals surface area (Å²) in [7, 11) is 1.68. The summed E-state index contributed by atoms with van der Waals surface area (Å²) in [6, 6.07) is 16.3. The molecule has 1 saturated heterocycles. The number of aliphatic carboxylic acids is 2. The SMILES string of the molecule is CCCCNC(=O)C1CCN(Cc2ccc(OCc3ccccc3)c(OC)c2)CC1.O=C(O)C(=O)O. The van der Waals surface area contributed by atoms with E-state index in [1.165, 1.54) is 5.56 Å². The number of carbonyl (C=O) groups excluding carboxylic acids is 1. The summed E-state index contributed by atoms with van der Waals surface area (Å²) in [5.74, 6) is -1.75. The van der Waals surface area contributed by atoms with Crippen molar-refractivity contribution in [1.29, 1.82) is 0 Å². The topological polar surface area (TPSA) is 125 Å². The van der Waals surface area contributed by atoms with Crippen molar-refractivity contribution in [1.82, 2.24) is 10.2 Å². The zero-order valence-corrected chi connectivity index (χ0v) is 20.9. The van der Waals surface area contributed by atoms with Crippen molar-refractivity contribution >= 4 is 17.8 Å². The van der Waals surface area contributed by atoms with Crippen LogP contribution in [0.2, 0.25) is 0 Å². The Morgan fingerprint density at radius 3 is 2.22 bits per heavy atom. The maximum Gasteiger partial charge on any atom is 0.414 e. The lowest BCUT2D eigenvalue weighted by molar-refractivity contribution is -0.159. The molecule has 1 heterocycles. The normalized spacial score (nSPS) is 13.7. The molecular weight excluding hydrogens is 464 g/mol. The van der Waals surface area contributed by atoms with Crippen molar-refractivity contribution in [3.05, 3.63) is 59.7 Å². The minimum Gasteiger partial charge on any atom is -0.493 e. The first-order valence-electron chi connectivity index (χ1n) is 12.1. The Labute approximate surface area is 212 Å². The van der Waals surface area contributed by atoms with E-state index in [1.54, 1.807) is 7.11 Å². The summed E-state index contributed by atoms with van der Waals surface area (Å²) >= 11 is 0. The molecule has 2 aromatic rings. The number of likely N-dealkylation sites (tertiary alicyclic amines) is 1. The van der Waals surface area contributed by atoms with Crippen molar-refractivity contribution in [2.75, 3.05) is 26.7 Å². The van der Waals surface area contributed by atoms with Gasteiger partial charge in [-0.05, 0) is 55.6 Å². The zero-order valence-electron chi connectivity index (χ0n) is 20.9. The molecule has 0 aromatic heterocycles. The Morgan fingerprint density at radius 2 is 1.64 bits per heavy atom. The van der Waals surface area contributed by atoms with Crippen LogP contribution in [0, 0.1) is 5.92 Å². The summed E-state index contributed by atoms with van der Waals surface area (Å²) in [6.07, 6.45) is 4.01. The van der Waals surface area contributed by atoms with E-state index in [0.29, 0.717) is 6.61 Å². The smallest absolute Gasteiger partial charge is 0.414 e. The number of amides is 1. The summed E-state index contributed by atoms with van der Waals surface area (Å²) in [6.45, 7) is 6.21. The van der Waals surface area contributed by atoms with E-state index in [9.17, 15) is 4.79 Å². The first-order chi connectivity index (χ1) is 17.3. The van der Waals surface area contributed by atoms with Crippen LogP contribution < -0.4 is 14.8 Å². The molecule has 1 aliphatic heterocycles. The number of hydrogen-bond acceptors (Lipinski definition) is 6. The van der Waals surface area contributed by atoms with E-state index in [-0.39, 0.29) is 11.8 Å². The van der Waals surface area contributed by atoms with Crippen LogP contribution in [0.3, 0.4) is 0 Å². The van der Waals surface area contributed by atoms with Gasteiger partial charge in [0.25, 0.3) is 0 Å². The quantitative estimate of drug-likeness (QED) is 0.334. The third-order valence-corrected chi connectivity index (χ3v) is 5.84. The van der Waals surface area contributed by atoms with E-state index >= 15 is 0 Å². The molecule has 3 rings (SSSR count). The first kappa shape index (κ1) is 28.6. The van der Waals surface area contributed by atoms with Crippen LogP contribution in [-0.2, 0) is 27.5 Å². The summed E-state index contributed by atoms with van der Waals surface area (Å²) in [4.78, 5) is 32.9. The van der Waals surface area contributed by atoms with Gasteiger partial charge in [0.1, 0.15) is 6.61 Å². The number of carboxylic acids is 2. The van der Waals surface area contributed by atoms with Crippen LogP contribution in [0.5, 0.6) is 11.5 Å². The van der Waals surface area contributed by atoms with Gasteiger partial charge in [-0.3, -0.25) is 9.69 Å². The number of carboxylic acid groups (broad SMARTS) is 2. The second kappa shape index (κ2) is 15.4. The first-order valence-corrected chi connectivity index (χ1v) is 12.1. The molecule has 0 unspecified atom stereocenters. The molecule has 196 valence electrons. The fourth-order valence-electron chi connectivity index (χ4n) is 3.81. The van der Waals surface area contributed by atoms with Crippen LogP contribution in [0.4, 0.5) is 0 Å². The van der Waals surface area contributed by atoms with Gasteiger partial charge >= 0.3 is 11.9 Å². The number of methoxy groups -OCH3 is 1. The number of piperidine rings is 1. The molecule has 9 nitrogen and oxygen atoms in total. The van der Waals surface area contributed by atoms with Gasteiger partial charge in [0.15, 0.2) is 11.5 Å². The number of nitrogens with one attached hydrogen (secondary N) is 1. The molecule has 0 aliphatic carbocycles. The van der Waals surface area contributed by atoms with Crippen molar-refractivity contribution in [3.63, 3.8) is 0 Å². The van der Waals surface area contributed by atoms with Gasteiger partial charge < -0.3 is 25.0 Å². The third kappa shape index (κ3) is 9.95. The lowest BCUT2D eigenvalue weighted by Gasteiger charge is -2.31. The minimum atomic E-state index is -1.82. The molecule has 9 heteroatoms. The molecule has 0 saturated carbocycles. The molecule has 0 atom stereocenters. The number of ether oxygens (including phenoxy) is 2. The highest BCUT2D eigenvalue weighted by Crippen LogP contribution is 2.30. The van der Waals surface area contributed by atoms with E-state index in [2.05, 4.69) is 41.4 Å². The van der Waals surface area contributed by atoms with E-state index in [4.69, 9.17) is 29.3 Å². The molecule has 3 N–H and O–H groups in total. The summed E-state index contributed by atoms with van der Waals surface area (Å²) < 4.78 is 11.5. The Bertz CT molecular complexity index is 961. The van der Waals surface area contributed by atoms with Crippen LogP contribution in [0.15, 0.2) is 48.5 Å². The van der Waals surface area contributed by atoms with Crippen LogP contribution in [-0.4, -0.2) is 59.7 Å². The number of carbonyl (C=O) groups is 3. The lowest BCUT2D eigenvalue weighted by Crippen LogP contribution is -2.40.